The lowest BCUT2D eigenvalue weighted by molar-refractivity contribution is 0.322. The Labute approximate surface area is 89.6 Å². The fraction of sp³-hybridized carbons (Fsp3) is 0.231. The Bertz CT molecular complexity index is 470. The summed E-state index contributed by atoms with van der Waals surface area (Å²) in [6.45, 7) is 6.56. The maximum absolute atomic E-state index is 5.62. The van der Waals surface area contributed by atoms with E-state index < -0.39 is 0 Å². The van der Waals surface area contributed by atoms with Gasteiger partial charge < -0.3 is 9.72 Å². The minimum absolute atomic E-state index is 0.700. The molecule has 0 aliphatic rings. The molecule has 0 saturated carbocycles. The maximum Gasteiger partial charge on any atom is 0.120 e. The summed E-state index contributed by atoms with van der Waals surface area (Å²) >= 11 is 0. The normalized spacial score (nSPS) is 10.5. The van der Waals surface area contributed by atoms with E-state index in [4.69, 9.17) is 4.74 Å². The Balaban J connectivity index is 2.04. The molecular weight excluding hydrogens is 186 g/mol. The van der Waals surface area contributed by atoms with Crippen molar-refractivity contribution in [2.24, 2.45) is 0 Å². The second kappa shape index (κ2) is 4.22. The molecule has 0 bridgehead atoms. The van der Waals surface area contributed by atoms with Crippen molar-refractivity contribution in [3.63, 3.8) is 0 Å². The molecule has 0 unspecified atom stereocenters. The summed E-state index contributed by atoms with van der Waals surface area (Å²) in [7, 11) is 0. The fourth-order valence-corrected chi connectivity index (χ4v) is 1.46. The van der Waals surface area contributed by atoms with Crippen molar-refractivity contribution in [2.75, 3.05) is 6.61 Å². The number of hydrogen-bond acceptors (Lipinski definition) is 1. The summed E-state index contributed by atoms with van der Waals surface area (Å²) in [6, 6.07) is 8.11. The zero-order chi connectivity index (χ0) is 10.7. The van der Waals surface area contributed by atoms with Gasteiger partial charge in [-0.25, -0.2) is 0 Å². The molecule has 15 heavy (non-hydrogen) atoms. The number of fused-ring (bicyclic) bond motifs is 1. The van der Waals surface area contributed by atoms with Crippen molar-refractivity contribution in [2.45, 2.75) is 13.3 Å². The molecular formula is C13H15NO. The largest absolute Gasteiger partial charge is 0.493 e. The highest BCUT2D eigenvalue weighted by Crippen LogP contribution is 2.19. The van der Waals surface area contributed by atoms with Gasteiger partial charge in [-0.2, -0.15) is 0 Å². The molecule has 0 atom stereocenters. The molecule has 0 aliphatic carbocycles. The average Bonchev–Trinajstić information content (AvgIpc) is 2.64. The maximum atomic E-state index is 5.62. The van der Waals surface area contributed by atoms with Gasteiger partial charge in [-0.15, -0.1) is 6.58 Å². The van der Waals surface area contributed by atoms with Crippen LogP contribution in [0.5, 0.6) is 5.75 Å². The van der Waals surface area contributed by atoms with Gasteiger partial charge in [0.15, 0.2) is 0 Å². The van der Waals surface area contributed by atoms with E-state index in [2.05, 4.69) is 11.6 Å². The highest BCUT2D eigenvalue weighted by atomic mass is 16.5. The van der Waals surface area contributed by atoms with Crippen LogP contribution in [0, 0.1) is 0 Å². The molecule has 2 rings (SSSR count). The SMILES string of the molecule is C=C(C)CCOc1ccc2[nH]ccc2c1. The summed E-state index contributed by atoms with van der Waals surface area (Å²) < 4.78 is 5.62. The van der Waals surface area contributed by atoms with Crippen LogP contribution in [-0.4, -0.2) is 11.6 Å². The summed E-state index contributed by atoms with van der Waals surface area (Å²) in [4.78, 5) is 3.15. The second-order valence-corrected chi connectivity index (χ2v) is 3.78. The van der Waals surface area contributed by atoms with E-state index in [1.807, 2.05) is 37.4 Å². The van der Waals surface area contributed by atoms with Gasteiger partial charge in [0.1, 0.15) is 5.75 Å². The number of benzene rings is 1. The number of rotatable bonds is 4. The van der Waals surface area contributed by atoms with Gasteiger partial charge in [-0.1, -0.05) is 5.57 Å². The topological polar surface area (TPSA) is 25.0 Å². The minimum atomic E-state index is 0.700. The van der Waals surface area contributed by atoms with Crippen molar-refractivity contribution in [1.29, 1.82) is 0 Å². The predicted octanol–water partition coefficient (Wildman–Crippen LogP) is 3.51. The number of aromatic amines is 1. The van der Waals surface area contributed by atoms with Gasteiger partial charge in [-0.05, 0) is 31.2 Å². The van der Waals surface area contributed by atoms with Crippen LogP contribution in [-0.2, 0) is 0 Å². The Kier molecular flexibility index (Phi) is 2.77. The van der Waals surface area contributed by atoms with E-state index >= 15 is 0 Å². The van der Waals surface area contributed by atoms with Crippen LogP contribution in [0.1, 0.15) is 13.3 Å². The number of ether oxygens (including phenoxy) is 1. The quantitative estimate of drug-likeness (QED) is 0.752. The van der Waals surface area contributed by atoms with E-state index in [0.717, 1.165) is 23.3 Å². The number of H-pyrrole nitrogens is 1. The molecule has 1 heterocycles. The van der Waals surface area contributed by atoms with Crippen molar-refractivity contribution >= 4 is 10.9 Å². The van der Waals surface area contributed by atoms with Crippen LogP contribution in [0.4, 0.5) is 0 Å². The molecule has 0 radical (unpaired) electrons. The standard InChI is InChI=1S/C13H15NO/c1-10(2)6-8-15-12-3-4-13-11(9-12)5-7-14-13/h3-5,7,9,14H,1,6,8H2,2H3. The van der Waals surface area contributed by atoms with Crippen molar-refractivity contribution in [3.05, 3.63) is 42.6 Å². The third-order valence-electron chi connectivity index (χ3n) is 2.32. The Morgan fingerprint density at radius 2 is 2.27 bits per heavy atom. The van der Waals surface area contributed by atoms with Gasteiger partial charge in [0.25, 0.3) is 0 Å². The van der Waals surface area contributed by atoms with E-state index in [-0.39, 0.29) is 0 Å². The number of hydrogen-bond donors (Lipinski definition) is 1. The lowest BCUT2D eigenvalue weighted by Crippen LogP contribution is -1.97. The van der Waals surface area contributed by atoms with Gasteiger partial charge in [0.05, 0.1) is 6.61 Å². The van der Waals surface area contributed by atoms with Crippen molar-refractivity contribution in [3.8, 4) is 5.75 Å². The number of nitrogens with one attached hydrogen (secondary N) is 1. The molecule has 1 aromatic carbocycles. The number of aromatic nitrogens is 1. The van der Waals surface area contributed by atoms with E-state index in [1.54, 1.807) is 0 Å². The second-order valence-electron chi connectivity index (χ2n) is 3.78. The molecule has 78 valence electrons. The third kappa shape index (κ3) is 2.40. The van der Waals surface area contributed by atoms with Crippen LogP contribution >= 0.6 is 0 Å². The summed E-state index contributed by atoms with van der Waals surface area (Å²) in [5.74, 6) is 0.920. The first-order valence-corrected chi connectivity index (χ1v) is 5.10. The Morgan fingerprint density at radius 1 is 1.40 bits per heavy atom. The van der Waals surface area contributed by atoms with Crippen LogP contribution in [0.15, 0.2) is 42.6 Å². The molecule has 0 aliphatic heterocycles. The monoisotopic (exact) mass is 201 g/mol. The van der Waals surface area contributed by atoms with Crippen LogP contribution in [0.25, 0.3) is 10.9 Å². The summed E-state index contributed by atoms with van der Waals surface area (Å²) in [6.07, 6.45) is 2.84. The van der Waals surface area contributed by atoms with E-state index in [1.165, 1.54) is 5.39 Å². The summed E-state index contributed by atoms with van der Waals surface area (Å²) in [5.41, 5.74) is 2.29. The smallest absolute Gasteiger partial charge is 0.120 e. The zero-order valence-corrected chi connectivity index (χ0v) is 8.92. The molecule has 2 heteroatoms. The van der Waals surface area contributed by atoms with Gasteiger partial charge in [0.2, 0.25) is 0 Å². The molecule has 2 nitrogen and oxygen atoms in total. The molecule has 1 aromatic heterocycles. The van der Waals surface area contributed by atoms with Crippen LogP contribution < -0.4 is 4.74 Å². The lowest BCUT2D eigenvalue weighted by atomic mass is 10.2. The molecule has 1 N–H and O–H groups in total. The molecule has 0 fully saturated rings. The van der Waals surface area contributed by atoms with Crippen LogP contribution in [0.2, 0.25) is 0 Å². The van der Waals surface area contributed by atoms with Gasteiger partial charge in [-0.3, -0.25) is 0 Å². The predicted molar refractivity (Wildman–Crippen MR) is 63.2 cm³/mol. The Morgan fingerprint density at radius 3 is 3.07 bits per heavy atom. The molecule has 0 saturated heterocycles. The molecule has 0 spiro atoms. The lowest BCUT2D eigenvalue weighted by Gasteiger charge is -2.05. The van der Waals surface area contributed by atoms with Gasteiger partial charge in [0, 0.05) is 23.5 Å². The molecule has 2 aromatic rings. The summed E-state index contributed by atoms with van der Waals surface area (Å²) in [5, 5.41) is 1.18. The van der Waals surface area contributed by atoms with Crippen LogP contribution in [0.3, 0.4) is 0 Å². The van der Waals surface area contributed by atoms with Gasteiger partial charge >= 0.3 is 0 Å². The first kappa shape index (κ1) is 9.84. The average molecular weight is 201 g/mol. The minimum Gasteiger partial charge on any atom is -0.493 e. The van der Waals surface area contributed by atoms with E-state index in [9.17, 15) is 0 Å². The zero-order valence-electron chi connectivity index (χ0n) is 8.92. The van der Waals surface area contributed by atoms with Crippen molar-refractivity contribution in [1.82, 2.24) is 4.98 Å². The fourth-order valence-electron chi connectivity index (χ4n) is 1.46. The molecule has 0 amide bonds. The van der Waals surface area contributed by atoms with Crippen molar-refractivity contribution < 1.29 is 4.74 Å². The van der Waals surface area contributed by atoms with E-state index in [0.29, 0.717) is 6.61 Å². The third-order valence-corrected chi connectivity index (χ3v) is 2.32. The first-order chi connectivity index (χ1) is 7.25. The first-order valence-electron chi connectivity index (χ1n) is 5.10. The Hall–Kier alpha value is -1.70. The highest BCUT2D eigenvalue weighted by Gasteiger charge is 1.97. The highest BCUT2D eigenvalue weighted by molar-refractivity contribution is 5.80.